The van der Waals surface area contributed by atoms with Gasteiger partial charge in [-0.15, -0.1) is 0 Å². The van der Waals surface area contributed by atoms with Crippen LogP contribution in [-0.2, 0) is 15.3 Å². The summed E-state index contributed by atoms with van der Waals surface area (Å²) >= 11 is 1.73. The number of carbonyl (C=O) groups excluding carboxylic acids is 2. The molecule has 2 aromatic rings. The minimum atomic E-state index is -0.681. The van der Waals surface area contributed by atoms with Gasteiger partial charge in [-0.05, 0) is 31.9 Å². The number of nitrogens with one attached hydrogen (secondary N) is 2. The first kappa shape index (κ1) is 21.1. The Morgan fingerprint density at radius 3 is 2.59 bits per heavy atom. The molecule has 0 spiro atoms. The number of benzene rings is 1. The zero-order chi connectivity index (χ0) is 19.8. The van der Waals surface area contributed by atoms with Crippen LogP contribution in [0.4, 0.5) is 0 Å². The van der Waals surface area contributed by atoms with Gasteiger partial charge >= 0.3 is 5.97 Å². The molecule has 146 valence electrons. The maximum Gasteiger partial charge on any atom is 0.355 e. The smallest absolute Gasteiger partial charge is 0.355 e. The van der Waals surface area contributed by atoms with Crippen LogP contribution in [0, 0.1) is 13.8 Å². The van der Waals surface area contributed by atoms with Gasteiger partial charge in [0, 0.05) is 29.3 Å². The van der Waals surface area contributed by atoms with Crippen LogP contribution < -0.4 is 5.32 Å². The normalized spacial score (nSPS) is 11.9. The number of aliphatic hydroxyl groups excluding tert-OH is 1. The van der Waals surface area contributed by atoms with Crippen LogP contribution in [0.25, 0.3) is 0 Å². The van der Waals surface area contributed by atoms with Crippen LogP contribution in [0.2, 0.25) is 0 Å². The minimum absolute atomic E-state index is 0.273. The van der Waals surface area contributed by atoms with E-state index < -0.39 is 12.1 Å². The summed E-state index contributed by atoms with van der Waals surface area (Å²) in [5.74, 6) is 0.737. The van der Waals surface area contributed by atoms with Crippen molar-refractivity contribution in [2.24, 2.45) is 0 Å². The first-order valence-corrected chi connectivity index (χ1v) is 9.98. The Morgan fingerprint density at radius 2 is 1.96 bits per heavy atom. The fraction of sp³-hybridized carbons (Fsp3) is 0.400. The lowest BCUT2D eigenvalue weighted by molar-refractivity contribution is -0.124. The molecule has 1 aromatic carbocycles. The molecule has 0 aliphatic rings. The van der Waals surface area contributed by atoms with Gasteiger partial charge in [-0.3, -0.25) is 4.79 Å². The van der Waals surface area contributed by atoms with Gasteiger partial charge in [0.1, 0.15) is 5.69 Å². The van der Waals surface area contributed by atoms with E-state index in [0.29, 0.717) is 23.4 Å². The van der Waals surface area contributed by atoms with Gasteiger partial charge in [-0.1, -0.05) is 30.3 Å². The van der Waals surface area contributed by atoms with Crippen LogP contribution in [0.5, 0.6) is 0 Å². The molecule has 3 N–H and O–H groups in total. The average Bonchev–Trinajstić information content (AvgIpc) is 2.94. The van der Waals surface area contributed by atoms with Gasteiger partial charge < -0.3 is 20.1 Å². The summed E-state index contributed by atoms with van der Waals surface area (Å²) in [6, 6.07) is 10.1. The van der Waals surface area contributed by atoms with Crippen molar-refractivity contribution in [2.75, 3.05) is 18.9 Å². The Kier molecular flexibility index (Phi) is 7.94. The Morgan fingerprint density at radius 1 is 1.26 bits per heavy atom. The van der Waals surface area contributed by atoms with Gasteiger partial charge in [0.05, 0.1) is 6.10 Å². The molecule has 0 aliphatic carbocycles. The monoisotopic (exact) mass is 390 g/mol. The van der Waals surface area contributed by atoms with Crippen molar-refractivity contribution >= 4 is 23.6 Å². The number of thioether (sulfide) groups is 1. The molecular formula is C20H26N2O4S. The number of rotatable bonds is 9. The van der Waals surface area contributed by atoms with Crippen molar-refractivity contribution in [3.8, 4) is 0 Å². The number of hydrogen-bond donors (Lipinski definition) is 3. The Balaban J connectivity index is 1.69. The number of aryl methyl sites for hydroxylation is 1. The van der Waals surface area contributed by atoms with Gasteiger partial charge in [-0.2, -0.15) is 11.8 Å². The van der Waals surface area contributed by atoms with E-state index in [1.165, 1.54) is 5.56 Å². The molecule has 0 radical (unpaired) electrons. The fourth-order valence-corrected chi connectivity index (χ4v) is 3.70. The van der Waals surface area contributed by atoms with Crippen molar-refractivity contribution < 1.29 is 19.4 Å². The third-order valence-corrected chi connectivity index (χ3v) is 5.16. The second-order valence-corrected chi connectivity index (χ2v) is 7.41. The Bertz CT molecular complexity index is 772. The van der Waals surface area contributed by atoms with Crippen molar-refractivity contribution in [1.82, 2.24) is 10.3 Å². The van der Waals surface area contributed by atoms with E-state index in [-0.39, 0.29) is 18.2 Å². The number of H-pyrrole nitrogens is 1. The molecule has 2 rings (SSSR count). The summed E-state index contributed by atoms with van der Waals surface area (Å²) in [6.45, 7) is 5.35. The largest absolute Gasteiger partial charge is 0.451 e. The second kappa shape index (κ2) is 10.2. The number of aliphatic hydroxyl groups is 1. The van der Waals surface area contributed by atoms with Gasteiger partial charge in [0.15, 0.2) is 6.61 Å². The average molecular weight is 391 g/mol. The van der Waals surface area contributed by atoms with Crippen molar-refractivity contribution in [1.29, 1.82) is 0 Å². The standard InChI is InChI=1S/C20H26N2O4S/c1-13-18(15(3)23)14(2)22-19(13)20(25)26-11-17(24)21-9-10-27-12-16-7-5-4-6-8-16/h4-8,15,22-23H,9-12H2,1-3H3,(H,21,24)/t15-/m1/s1. The summed E-state index contributed by atoms with van der Waals surface area (Å²) in [4.78, 5) is 26.9. The molecule has 27 heavy (non-hydrogen) atoms. The van der Waals surface area contributed by atoms with E-state index in [0.717, 1.165) is 11.5 Å². The number of aromatic amines is 1. The molecular weight excluding hydrogens is 364 g/mol. The van der Waals surface area contributed by atoms with E-state index in [1.54, 1.807) is 32.5 Å². The molecule has 1 atom stereocenters. The lowest BCUT2D eigenvalue weighted by Crippen LogP contribution is -2.30. The highest BCUT2D eigenvalue weighted by molar-refractivity contribution is 7.98. The lowest BCUT2D eigenvalue weighted by atomic mass is 10.1. The molecule has 6 nitrogen and oxygen atoms in total. The van der Waals surface area contributed by atoms with E-state index >= 15 is 0 Å². The van der Waals surface area contributed by atoms with Crippen LogP contribution in [-0.4, -0.2) is 40.9 Å². The first-order chi connectivity index (χ1) is 12.9. The van der Waals surface area contributed by atoms with Gasteiger partial charge in [0.25, 0.3) is 5.91 Å². The molecule has 0 fully saturated rings. The third-order valence-electron chi connectivity index (χ3n) is 4.13. The molecule has 0 unspecified atom stereocenters. The summed E-state index contributed by atoms with van der Waals surface area (Å²) in [5, 5.41) is 12.5. The lowest BCUT2D eigenvalue weighted by Gasteiger charge is -2.07. The molecule has 0 aliphatic heterocycles. The molecule has 1 aromatic heterocycles. The molecule has 0 bridgehead atoms. The SMILES string of the molecule is Cc1[nH]c(C(=O)OCC(=O)NCCSCc2ccccc2)c(C)c1[C@@H](C)O. The summed E-state index contributed by atoms with van der Waals surface area (Å²) in [7, 11) is 0. The molecule has 1 amide bonds. The van der Waals surface area contributed by atoms with Crippen molar-refractivity contribution in [2.45, 2.75) is 32.6 Å². The second-order valence-electron chi connectivity index (χ2n) is 6.30. The van der Waals surface area contributed by atoms with E-state index in [1.807, 2.05) is 18.2 Å². The minimum Gasteiger partial charge on any atom is -0.451 e. The quantitative estimate of drug-likeness (QED) is 0.452. The van der Waals surface area contributed by atoms with Crippen molar-refractivity contribution in [3.63, 3.8) is 0 Å². The van der Waals surface area contributed by atoms with Crippen LogP contribution in [0.1, 0.15) is 45.9 Å². The van der Waals surface area contributed by atoms with E-state index in [2.05, 4.69) is 22.4 Å². The molecule has 0 saturated carbocycles. The summed E-state index contributed by atoms with van der Waals surface area (Å²) in [6.07, 6.45) is -0.681. The van der Waals surface area contributed by atoms with E-state index in [9.17, 15) is 14.7 Å². The maximum absolute atomic E-state index is 12.2. The Labute approximate surface area is 163 Å². The first-order valence-electron chi connectivity index (χ1n) is 8.82. The highest BCUT2D eigenvalue weighted by Gasteiger charge is 2.21. The van der Waals surface area contributed by atoms with Crippen LogP contribution in [0.15, 0.2) is 30.3 Å². The van der Waals surface area contributed by atoms with Crippen LogP contribution in [0.3, 0.4) is 0 Å². The summed E-state index contributed by atoms with van der Waals surface area (Å²) in [5.41, 5.74) is 3.56. The molecule has 7 heteroatoms. The number of hydrogen-bond acceptors (Lipinski definition) is 5. The number of carbonyl (C=O) groups is 2. The number of aromatic nitrogens is 1. The third kappa shape index (κ3) is 6.15. The van der Waals surface area contributed by atoms with Crippen molar-refractivity contribution in [3.05, 3.63) is 58.4 Å². The summed E-state index contributed by atoms with van der Waals surface area (Å²) < 4.78 is 5.07. The number of amides is 1. The zero-order valence-corrected chi connectivity index (χ0v) is 16.7. The fourth-order valence-electron chi connectivity index (χ4n) is 2.88. The molecule has 1 heterocycles. The zero-order valence-electron chi connectivity index (χ0n) is 15.9. The van der Waals surface area contributed by atoms with Gasteiger partial charge in [0.2, 0.25) is 0 Å². The van der Waals surface area contributed by atoms with Crippen LogP contribution >= 0.6 is 11.8 Å². The number of esters is 1. The highest BCUT2D eigenvalue weighted by atomic mass is 32.2. The number of ether oxygens (including phenoxy) is 1. The van der Waals surface area contributed by atoms with Gasteiger partial charge in [-0.25, -0.2) is 4.79 Å². The molecule has 0 saturated heterocycles. The predicted molar refractivity (Wildman–Crippen MR) is 107 cm³/mol. The topological polar surface area (TPSA) is 91.4 Å². The highest BCUT2D eigenvalue weighted by Crippen LogP contribution is 2.24. The Hall–Kier alpha value is -2.25. The maximum atomic E-state index is 12.2. The van der Waals surface area contributed by atoms with E-state index in [4.69, 9.17) is 4.74 Å². The predicted octanol–water partition coefficient (Wildman–Crippen LogP) is 2.89.